The molecule has 1 amide bonds. The summed E-state index contributed by atoms with van der Waals surface area (Å²) in [6.45, 7) is 7.69. The first-order chi connectivity index (χ1) is 8.88. The molecule has 1 N–H and O–H groups in total. The van der Waals surface area contributed by atoms with Gasteiger partial charge in [-0.1, -0.05) is 13.8 Å². The van der Waals surface area contributed by atoms with Crippen molar-refractivity contribution in [1.82, 2.24) is 4.90 Å². The van der Waals surface area contributed by atoms with Crippen LogP contribution >= 0.6 is 0 Å². The van der Waals surface area contributed by atoms with Crippen LogP contribution in [0.1, 0.15) is 33.1 Å². The number of quaternary nitrogens is 1. The van der Waals surface area contributed by atoms with Gasteiger partial charge in [0, 0.05) is 5.41 Å². The molecule has 0 aromatic carbocycles. The molecule has 1 saturated heterocycles. The normalized spacial score (nSPS) is 37.9. The highest BCUT2D eigenvalue weighted by Crippen LogP contribution is 2.60. The Kier molecular flexibility index (Phi) is 2.79. The molecular formula is C15H25N2O2+. The number of nitrogens with one attached hydrogen (secondary N) is 1. The van der Waals surface area contributed by atoms with Crippen LogP contribution < -0.4 is 4.90 Å². The van der Waals surface area contributed by atoms with Crippen molar-refractivity contribution in [3.05, 3.63) is 0 Å². The monoisotopic (exact) mass is 265 g/mol. The first-order valence-electron chi connectivity index (χ1n) is 7.53. The van der Waals surface area contributed by atoms with Crippen molar-refractivity contribution < 1.29 is 14.5 Å². The third kappa shape index (κ3) is 1.69. The van der Waals surface area contributed by atoms with E-state index in [1.165, 1.54) is 4.90 Å². The maximum atomic E-state index is 12.9. The number of carbonyl (C=O) groups excluding carboxylic acids is 2. The van der Waals surface area contributed by atoms with E-state index in [9.17, 15) is 9.59 Å². The molecule has 0 radical (unpaired) electrons. The number of piperazine rings is 1. The molecule has 0 aromatic rings. The van der Waals surface area contributed by atoms with Gasteiger partial charge >= 0.3 is 0 Å². The van der Waals surface area contributed by atoms with Crippen LogP contribution in [0.4, 0.5) is 0 Å². The molecule has 106 valence electrons. The maximum Gasteiger partial charge on any atom is 0.236 e. The van der Waals surface area contributed by atoms with Crippen molar-refractivity contribution in [2.45, 2.75) is 33.1 Å². The Labute approximate surface area is 115 Å². The van der Waals surface area contributed by atoms with Crippen LogP contribution in [0.2, 0.25) is 0 Å². The zero-order valence-corrected chi connectivity index (χ0v) is 12.3. The molecule has 4 nitrogen and oxygen atoms in total. The molecule has 2 saturated carbocycles. The predicted octanol–water partition coefficient (Wildman–Crippen LogP) is -0.261. The minimum absolute atomic E-state index is 0.137. The van der Waals surface area contributed by atoms with Crippen molar-refractivity contribution >= 4 is 11.7 Å². The molecule has 3 aliphatic rings. The SMILES string of the molecule is C[NH+]1CCN(C(=O)C23CCC(C2)C(C)(C)C3=O)CC1. The van der Waals surface area contributed by atoms with Crippen molar-refractivity contribution in [2.24, 2.45) is 16.7 Å². The van der Waals surface area contributed by atoms with Crippen LogP contribution in [0.15, 0.2) is 0 Å². The second kappa shape index (κ2) is 4.05. The van der Waals surface area contributed by atoms with E-state index >= 15 is 0 Å². The average Bonchev–Trinajstić information content (AvgIpc) is 2.90. The van der Waals surface area contributed by atoms with Gasteiger partial charge in [-0.3, -0.25) is 9.59 Å². The minimum atomic E-state index is -0.653. The molecule has 2 bridgehead atoms. The number of hydrogen-bond acceptors (Lipinski definition) is 2. The second-order valence-electron chi connectivity index (χ2n) is 7.32. The smallest absolute Gasteiger partial charge is 0.236 e. The summed E-state index contributed by atoms with van der Waals surface area (Å²) in [5, 5.41) is 0. The first kappa shape index (κ1) is 13.1. The molecule has 3 rings (SSSR count). The number of Topliss-reactive ketones (excluding diaryl/α,β-unsaturated/α-hetero) is 1. The van der Waals surface area contributed by atoms with Gasteiger partial charge in [0.25, 0.3) is 0 Å². The van der Waals surface area contributed by atoms with Gasteiger partial charge in [0.1, 0.15) is 5.41 Å². The van der Waals surface area contributed by atoms with Gasteiger partial charge in [-0.2, -0.15) is 0 Å². The summed E-state index contributed by atoms with van der Waals surface area (Å²) in [5.74, 6) is 0.771. The van der Waals surface area contributed by atoms with Gasteiger partial charge in [-0.25, -0.2) is 0 Å². The van der Waals surface area contributed by atoms with Crippen molar-refractivity contribution in [3.8, 4) is 0 Å². The number of fused-ring (bicyclic) bond motifs is 2. The van der Waals surface area contributed by atoms with Crippen LogP contribution in [-0.2, 0) is 9.59 Å². The number of rotatable bonds is 1. The fourth-order valence-electron chi connectivity index (χ4n) is 4.36. The van der Waals surface area contributed by atoms with Crippen LogP contribution in [0.25, 0.3) is 0 Å². The van der Waals surface area contributed by atoms with Gasteiger partial charge in [0.15, 0.2) is 5.78 Å². The summed E-state index contributed by atoms with van der Waals surface area (Å²) in [5.41, 5.74) is -0.939. The first-order valence-corrected chi connectivity index (χ1v) is 7.53. The lowest BCUT2D eigenvalue weighted by Crippen LogP contribution is -3.12. The summed E-state index contributed by atoms with van der Waals surface area (Å²) in [4.78, 5) is 29.0. The Balaban J connectivity index is 1.82. The average molecular weight is 265 g/mol. The van der Waals surface area contributed by atoms with Crippen LogP contribution in [-0.4, -0.2) is 49.8 Å². The predicted molar refractivity (Wildman–Crippen MR) is 71.8 cm³/mol. The summed E-state index contributed by atoms with van der Waals surface area (Å²) in [6, 6.07) is 0. The van der Waals surface area contributed by atoms with E-state index in [0.29, 0.717) is 5.92 Å². The lowest BCUT2D eigenvalue weighted by atomic mass is 9.70. The number of ketones is 1. The van der Waals surface area contributed by atoms with E-state index in [1.54, 1.807) is 0 Å². The van der Waals surface area contributed by atoms with E-state index in [2.05, 4.69) is 7.05 Å². The third-order valence-electron chi connectivity index (χ3n) is 5.87. The molecule has 2 unspecified atom stereocenters. The zero-order chi connectivity index (χ0) is 13.8. The van der Waals surface area contributed by atoms with Gasteiger partial charge < -0.3 is 9.80 Å². The molecule has 0 aromatic heterocycles. The number of amides is 1. The maximum absolute atomic E-state index is 12.9. The van der Waals surface area contributed by atoms with E-state index in [1.807, 2.05) is 18.7 Å². The highest BCUT2D eigenvalue weighted by atomic mass is 16.2. The summed E-state index contributed by atoms with van der Waals surface area (Å²) >= 11 is 0. The highest BCUT2D eigenvalue weighted by Gasteiger charge is 2.65. The van der Waals surface area contributed by atoms with Crippen LogP contribution in [0.3, 0.4) is 0 Å². The van der Waals surface area contributed by atoms with Gasteiger partial charge in [0.2, 0.25) is 5.91 Å². The topological polar surface area (TPSA) is 41.8 Å². The lowest BCUT2D eigenvalue weighted by molar-refractivity contribution is -0.883. The molecule has 2 atom stereocenters. The molecule has 1 aliphatic heterocycles. The Morgan fingerprint density at radius 3 is 2.47 bits per heavy atom. The Hall–Kier alpha value is -0.900. The van der Waals surface area contributed by atoms with Gasteiger partial charge in [-0.05, 0) is 25.2 Å². The zero-order valence-electron chi connectivity index (χ0n) is 12.3. The van der Waals surface area contributed by atoms with E-state index < -0.39 is 5.41 Å². The Morgan fingerprint density at radius 2 is 1.95 bits per heavy atom. The van der Waals surface area contributed by atoms with Crippen LogP contribution in [0.5, 0.6) is 0 Å². The third-order valence-corrected chi connectivity index (χ3v) is 5.87. The van der Waals surface area contributed by atoms with E-state index in [4.69, 9.17) is 0 Å². The van der Waals surface area contributed by atoms with Gasteiger partial charge in [0.05, 0.1) is 33.2 Å². The fourth-order valence-corrected chi connectivity index (χ4v) is 4.36. The van der Waals surface area contributed by atoms with Gasteiger partial charge in [-0.15, -0.1) is 0 Å². The molecule has 4 heteroatoms. The standard InChI is InChI=1S/C15H24N2O2/c1-14(2)11-4-5-15(10-11,12(14)18)13(19)17-8-6-16(3)7-9-17/h11H,4-10H2,1-3H3/p+1. The molecule has 1 heterocycles. The molecule has 3 fully saturated rings. The van der Waals surface area contributed by atoms with Crippen molar-refractivity contribution in [3.63, 3.8) is 0 Å². The largest absolute Gasteiger partial charge is 0.334 e. The lowest BCUT2D eigenvalue weighted by Gasteiger charge is -2.38. The summed E-state index contributed by atoms with van der Waals surface area (Å²) < 4.78 is 0. The molecule has 0 spiro atoms. The molecular weight excluding hydrogens is 240 g/mol. The van der Waals surface area contributed by atoms with Crippen molar-refractivity contribution in [1.29, 1.82) is 0 Å². The Bertz CT molecular complexity index is 424. The summed E-state index contributed by atoms with van der Waals surface area (Å²) in [6.07, 6.45) is 2.64. The molecule has 2 aliphatic carbocycles. The second-order valence-corrected chi connectivity index (χ2v) is 7.32. The number of hydrogen-bond donors (Lipinski definition) is 1. The molecule has 19 heavy (non-hydrogen) atoms. The fraction of sp³-hybridized carbons (Fsp3) is 0.867. The number of carbonyl (C=O) groups is 2. The number of likely N-dealkylation sites (N-methyl/N-ethyl adjacent to an activating group) is 1. The van der Waals surface area contributed by atoms with Crippen LogP contribution in [0, 0.1) is 16.7 Å². The Morgan fingerprint density at radius 1 is 1.32 bits per heavy atom. The highest BCUT2D eigenvalue weighted by molar-refractivity contribution is 6.10. The number of nitrogens with zero attached hydrogens (tertiary/aromatic N) is 1. The minimum Gasteiger partial charge on any atom is -0.334 e. The summed E-state index contributed by atoms with van der Waals surface area (Å²) in [7, 11) is 2.16. The van der Waals surface area contributed by atoms with E-state index in [-0.39, 0.29) is 17.1 Å². The quantitative estimate of drug-likeness (QED) is 0.664. The van der Waals surface area contributed by atoms with Crippen molar-refractivity contribution in [2.75, 3.05) is 33.2 Å². The van der Waals surface area contributed by atoms with E-state index in [0.717, 1.165) is 45.4 Å².